The highest BCUT2D eigenvalue weighted by molar-refractivity contribution is 5.91. The van der Waals surface area contributed by atoms with E-state index in [1.807, 2.05) is 47.4 Å². The van der Waals surface area contributed by atoms with Crippen LogP contribution in [0.25, 0.3) is 5.69 Å². The smallest absolute Gasteiger partial charge is 0.322 e. The van der Waals surface area contributed by atoms with Gasteiger partial charge < -0.3 is 19.5 Å². The Morgan fingerprint density at radius 3 is 2.70 bits per heavy atom. The number of hydrogen-bond acceptors (Lipinski definition) is 2. The summed E-state index contributed by atoms with van der Waals surface area (Å²) in [6.45, 7) is 2.67. The van der Waals surface area contributed by atoms with E-state index in [1.165, 1.54) is 0 Å². The molecule has 4 rings (SSSR count). The Morgan fingerprint density at radius 1 is 1.11 bits per heavy atom. The van der Waals surface area contributed by atoms with Gasteiger partial charge in [0.05, 0.1) is 31.1 Å². The Labute approximate surface area is 159 Å². The van der Waals surface area contributed by atoms with Crippen molar-refractivity contribution in [3.8, 4) is 11.4 Å². The molecule has 0 aliphatic carbocycles. The van der Waals surface area contributed by atoms with Crippen LogP contribution in [-0.2, 0) is 6.54 Å². The minimum Gasteiger partial charge on any atom is -0.495 e. The van der Waals surface area contributed by atoms with Crippen LogP contribution in [0.4, 0.5) is 10.5 Å². The highest BCUT2D eigenvalue weighted by Crippen LogP contribution is 2.35. The second-order valence-electron chi connectivity index (χ2n) is 6.61. The molecule has 0 fully saturated rings. The van der Waals surface area contributed by atoms with Crippen molar-refractivity contribution in [3.05, 3.63) is 78.1 Å². The summed E-state index contributed by atoms with van der Waals surface area (Å²) in [6.07, 6.45) is 2.90. The number of carbonyl (C=O) groups excluding carboxylic acids is 1. The quantitative estimate of drug-likeness (QED) is 0.715. The number of nitrogens with one attached hydrogen (secondary N) is 1. The van der Waals surface area contributed by atoms with E-state index in [1.54, 1.807) is 7.11 Å². The van der Waals surface area contributed by atoms with Crippen molar-refractivity contribution in [1.82, 2.24) is 9.47 Å². The molecule has 27 heavy (non-hydrogen) atoms. The van der Waals surface area contributed by atoms with Crippen LogP contribution in [0.1, 0.15) is 30.6 Å². The van der Waals surface area contributed by atoms with Crippen molar-refractivity contribution in [2.24, 2.45) is 0 Å². The summed E-state index contributed by atoms with van der Waals surface area (Å²) in [6, 6.07) is 19.7. The molecule has 1 N–H and O–H groups in total. The van der Waals surface area contributed by atoms with Crippen LogP contribution in [-0.4, -0.2) is 22.6 Å². The van der Waals surface area contributed by atoms with Gasteiger partial charge in [-0.15, -0.1) is 0 Å². The number of carbonyl (C=O) groups is 1. The molecule has 0 saturated heterocycles. The number of rotatable bonds is 3. The Hall–Kier alpha value is -3.21. The molecule has 1 aliphatic rings. The monoisotopic (exact) mass is 361 g/mol. The zero-order valence-corrected chi connectivity index (χ0v) is 15.6. The number of nitrogens with zero attached hydrogens (tertiary/aromatic N) is 2. The maximum absolute atomic E-state index is 13.2. The normalized spacial score (nSPS) is 15.5. The topological polar surface area (TPSA) is 46.5 Å². The Balaban J connectivity index is 1.73. The minimum atomic E-state index is -0.129. The SMILES string of the molecule is CCC1c2cccn2-c2ccccc2CN1C(=O)Nc1ccccc1OC. The number of urea groups is 1. The predicted molar refractivity (Wildman–Crippen MR) is 106 cm³/mol. The number of benzene rings is 2. The van der Waals surface area contributed by atoms with Crippen LogP contribution >= 0.6 is 0 Å². The Kier molecular flexibility index (Phi) is 4.59. The molecule has 0 saturated carbocycles. The number of anilines is 1. The van der Waals surface area contributed by atoms with Crippen LogP contribution in [0.15, 0.2) is 66.9 Å². The number of ether oxygens (including phenoxy) is 1. The summed E-state index contributed by atoms with van der Waals surface area (Å²) < 4.78 is 7.57. The van der Waals surface area contributed by atoms with Crippen molar-refractivity contribution in [2.45, 2.75) is 25.9 Å². The van der Waals surface area contributed by atoms with Crippen LogP contribution in [0.5, 0.6) is 5.75 Å². The van der Waals surface area contributed by atoms with Crippen LogP contribution < -0.4 is 10.1 Å². The third kappa shape index (κ3) is 3.05. The fraction of sp³-hybridized carbons (Fsp3) is 0.227. The number of hydrogen-bond donors (Lipinski definition) is 1. The van der Waals surface area contributed by atoms with Gasteiger partial charge in [-0.25, -0.2) is 4.79 Å². The molecule has 1 aliphatic heterocycles. The summed E-state index contributed by atoms with van der Waals surface area (Å²) in [5.41, 5.74) is 4.05. The Bertz CT molecular complexity index is 963. The highest BCUT2D eigenvalue weighted by Gasteiger charge is 2.30. The zero-order chi connectivity index (χ0) is 18.8. The first-order valence-corrected chi connectivity index (χ1v) is 9.19. The molecule has 1 aromatic heterocycles. The first-order chi connectivity index (χ1) is 13.2. The van der Waals surface area contributed by atoms with Crippen molar-refractivity contribution in [3.63, 3.8) is 0 Å². The molecule has 2 aromatic carbocycles. The van der Waals surface area contributed by atoms with E-state index in [2.05, 4.69) is 41.2 Å². The van der Waals surface area contributed by atoms with E-state index in [-0.39, 0.29) is 12.1 Å². The second-order valence-corrected chi connectivity index (χ2v) is 6.61. The number of aromatic nitrogens is 1. The lowest BCUT2D eigenvalue weighted by Crippen LogP contribution is -2.37. The van der Waals surface area contributed by atoms with Crippen molar-refractivity contribution in [2.75, 3.05) is 12.4 Å². The van der Waals surface area contributed by atoms with Gasteiger partial charge in [0.15, 0.2) is 0 Å². The molecule has 2 heterocycles. The largest absolute Gasteiger partial charge is 0.495 e. The standard InChI is InChI=1S/C22H23N3O2/c1-3-18-20-12-8-14-24(20)19-11-6-4-9-16(19)15-25(18)22(26)23-17-10-5-7-13-21(17)27-2/h4-14,18H,3,15H2,1-2H3,(H,23,26). The summed E-state index contributed by atoms with van der Waals surface area (Å²) >= 11 is 0. The molecule has 0 radical (unpaired) electrons. The average Bonchev–Trinajstić information content (AvgIpc) is 3.13. The van der Waals surface area contributed by atoms with Crippen LogP contribution in [0.3, 0.4) is 0 Å². The first-order valence-electron chi connectivity index (χ1n) is 9.19. The van der Waals surface area contributed by atoms with E-state index in [0.717, 1.165) is 23.4 Å². The molecule has 2 amide bonds. The molecule has 1 unspecified atom stereocenters. The molecule has 3 aromatic rings. The summed E-state index contributed by atoms with van der Waals surface area (Å²) in [5, 5.41) is 3.03. The van der Waals surface area contributed by atoms with Gasteiger partial charge >= 0.3 is 6.03 Å². The third-order valence-corrected chi connectivity index (χ3v) is 5.09. The fourth-order valence-electron chi connectivity index (χ4n) is 3.80. The lowest BCUT2D eigenvalue weighted by Gasteiger charge is -2.30. The maximum atomic E-state index is 13.2. The zero-order valence-electron chi connectivity index (χ0n) is 15.6. The summed E-state index contributed by atoms with van der Waals surface area (Å²) in [7, 11) is 1.61. The van der Waals surface area contributed by atoms with Gasteiger partial charge in [-0.2, -0.15) is 0 Å². The molecule has 0 spiro atoms. The van der Waals surface area contributed by atoms with Gasteiger partial charge in [-0.1, -0.05) is 37.3 Å². The molecular formula is C22H23N3O2. The van der Waals surface area contributed by atoms with Crippen LogP contribution in [0, 0.1) is 0 Å². The summed E-state index contributed by atoms with van der Waals surface area (Å²) in [5.74, 6) is 0.650. The number of methoxy groups -OCH3 is 1. The van der Waals surface area contributed by atoms with Crippen molar-refractivity contribution >= 4 is 11.7 Å². The predicted octanol–water partition coefficient (Wildman–Crippen LogP) is 4.98. The van der Waals surface area contributed by atoms with Gasteiger partial charge in [0.1, 0.15) is 5.75 Å². The van der Waals surface area contributed by atoms with Gasteiger partial charge in [0.25, 0.3) is 0 Å². The second kappa shape index (κ2) is 7.19. The molecular weight excluding hydrogens is 338 g/mol. The van der Waals surface area contributed by atoms with E-state index < -0.39 is 0 Å². The molecule has 5 nitrogen and oxygen atoms in total. The summed E-state index contributed by atoms with van der Waals surface area (Å²) in [4.78, 5) is 15.2. The van der Waals surface area contributed by atoms with Gasteiger partial charge in [-0.05, 0) is 42.3 Å². The number of para-hydroxylation sites is 3. The third-order valence-electron chi connectivity index (χ3n) is 5.09. The minimum absolute atomic E-state index is 0.0119. The lowest BCUT2D eigenvalue weighted by molar-refractivity contribution is 0.181. The van der Waals surface area contributed by atoms with Gasteiger partial charge in [0, 0.05) is 11.9 Å². The molecule has 1 atom stereocenters. The molecule has 138 valence electrons. The highest BCUT2D eigenvalue weighted by atomic mass is 16.5. The van der Waals surface area contributed by atoms with Crippen molar-refractivity contribution in [1.29, 1.82) is 0 Å². The van der Waals surface area contributed by atoms with Crippen molar-refractivity contribution < 1.29 is 9.53 Å². The van der Waals surface area contributed by atoms with E-state index in [0.29, 0.717) is 18.0 Å². The van der Waals surface area contributed by atoms with Gasteiger partial charge in [0.2, 0.25) is 0 Å². The van der Waals surface area contributed by atoms with E-state index >= 15 is 0 Å². The average molecular weight is 361 g/mol. The Morgan fingerprint density at radius 2 is 1.89 bits per heavy atom. The lowest BCUT2D eigenvalue weighted by atomic mass is 10.1. The van der Waals surface area contributed by atoms with E-state index in [9.17, 15) is 4.79 Å². The first kappa shape index (κ1) is 17.2. The maximum Gasteiger partial charge on any atom is 0.322 e. The van der Waals surface area contributed by atoms with E-state index in [4.69, 9.17) is 4.74 Å². The van der Waals surface area contributed by atoms with Gasteiger partial charge in [-0.3, -0.25) is 0 Å². The van der Waals surface area contributed by atoms with Crippen LogP contribution in [0.2, 0.25) is 0 Å². The fourth-order valence-corrected chi connectivity index (χ4v) is 3.80. The molecule has 0 bridgehead atoms. The molecule has 5 heteroatoms. The number of fused-ring (bicyclic) bond motifs is 3. The number of amides is 2.